The fourth-order valence-corrected chi connectivity index (χ4v) is 2.34. The molecule has 0 N–H and O–H groups in total. The molecular weight excluding hydrogens is 216 g/mol. The van der Waals surface area contributed by atoms with Crippen LogP contribution in [0.15, 0.2) is 0 Å². The van der Waals surface area contributed by atoms with E-state index in [-0.39, 0.29) is 0 Å². The molecule has 17 heavy (non-hydrogen) atoms. The molecule has 2 rings (SSSR count). The third-order valence-electron chi connectivity index (χ3n) is 3.65. The van der Waals surface area contributed by atoms with Crippen LogP contribution in [0.2, 0.25) is 0 Å². The van der Waals surface area contributed by atoms with Crippen LogP contribution in [0.25, 0.3) is 0 Å². The van der Waals surface area contributed by atoms with E-state index in [2.05, 4.69) is 22.2 Å². The van der Waals surface area contributed by atoms with Gasteiger partial charge in [-0.15, -0.1) is 0 Å². The molecular formula is C12H23N4O. The second kappa shape index (κ2) is 6.33. The minimum Gasteiger partial charge on any atom is -0.340 e. The summed E-state index contributed by atoms with van der Waals surface area (Å²) in [5, 5.41) is 4.31. The van der Waals surface area contributed by atoms with E-state index in [0.717, 1.165) is 58.9 Å². The van der Waals surface area contributed by atoms with E-state index in [1.54, 1.807) is 0 Å². The first-order chi connectivity index (χ1) is 8.25. The predicted octanol–water partition coefficient (Wildman–Crippen LogP) is -0.929. The monoisotopic (exact) mass is 239 g/mol. The van der Waals surface area contributed by atoms with Crippen molar-refractivity contribution in [3.05, 3.63) is 0 Å². The van der Waals surface area contributed by atoms with Gasteiger partial charge in [-0.2, -0.15) is 0 Å². The Labute approximate surface area is 104 Å². The molecule has 0 aliphatic carbocycles. The summed E-state index contributed by atoms with van der Waals surface area (Å²) in [6.07, 6.45) is 0.670. The van der Waals surface area contributed by atoms with Gasteiger partial charge >= 0.3 is 0 Å². The zero-order valence-corrected chi connectivity index (χ0v) is 10.8. The quantitative estimate of drug-likeness (QED) is 0.639. The summed E-state index contributed by atoms with van der Waals surface area (Å²) in [5.74, 6) is 0.320. The third-order valence-corrected chi connectivity index (χ3v) is 3.65. The summed E-state index contributed by atoms with van der Waals surface area (Å²) >= 11 is 0. The summed E-state index contributed by atoms with van der Waals surface area (Å²) in [5.41, 5.74) is 0. The van der Waals surface area contributed by atoms with Crippen LogP contribution < -0.4 is 5.32 Å². The number of carbonyl (C=O) groups is 1. The minimum absolute atomic E-state index is 0.320. The highest BCUT2D eigenvalue weighted by molar-refractivity contribution is 5.76. The number of rotatable bonds is 3. The highest BCUT2D eigenvalue weighted by Crippen LogP contribution is 2.03. The second-order valence-corrected chi connectivity index (χ2v) is 4.95. The molecule has 0 bridgehead atoms. The number of hydrogen-bond donors (Lipinski definition) is 0. The maximum Gasteiger partial charge on any atom is 0.223 e. The predicted molar refractivity (Wildman–Crippen MR) is 67.0 cm³/mol. The van der Waals surface area contributed by atoms with Crippen molar-refractivity contribution in [1.82, 2.24) is 20.0 Å². The Bertz CT molecular complexity index is 245. The molecule has 1 amide bonds. The van der Waals surface area contributed by atoms with E-state index in [1.165, 1.54) is 0 Å². The fraction of sp³-hybridized carbons (Fsp3) is 0.917. The van der Waals surface area contributed by atoms with Gasteiger partial charge in [0.15, 0.2) is 0 Å². The van der Waals surface area contributed by atoms with Crippen molar-refractivity contribution < 1.29 is 4.79 Å². The van der Waals surface area contributed by atoms with Gasteiger partial charge in [-0.05, 0) is 7.05 Å². The molecule has 0 spiro atoms. The van der Waals surface area contributed by atoms with E-state index in [4.69, 9.17) is 0 Å². The summed E-state index contributed by atoms with van der Waals surface area (Å²) in [6, 6.07) is 0. The van der Waals surface area contributed by atoms with Crippen molar-refractivity contribution in [1.29, 1.82) is 0 Å². The molecule has 5 heteroatoms. The van der Waals surface area contributed by atoms with Gasteiger partial charge in [0.25, 0.3) is 0 Å². The van der Waals surface area contributed by atoms with Crippen LogP contribution in [0.5, 0.6) is 0 Å². The lowest BCUT2D eigenvalue weighted by Gasteiger charge is -2.33. The lowest BCUT2D eigenvalue weighted by atomic mass is 10.2. The van der Waals surface area contributed by atoms with Crippen LogP contribution in [0.3, 0.4) is 0 Å². The van der Waals surface area contributed by atoms with E-state index in [1.807, 2.05) is 4.90 Å². The van der Waals surface area contributed by atoms with Crippen molar-refractivity contribution in [2.75, 3.05) is 66.0 Å². The Balaban J connectivity index is 1.66. The van der Waals surface area contributed by atoms with Gasteiger partial charge < -0.3 is 14.7 Å². The van der Waals surface area contributed by atoms with E-state index in [0.29, 0.717) is 12.3 Å². The van der Waals surface area contributed by atoms with Gasteiger partial charge in [0.2, 0.25) is 5.91 Å². The molecule has 1 radical (unpaired) electrons. The zero-order chi connectivity index (χ0) is 12.1. The zero-order valence-electron chi connectivity index (χ0n) is 10.8. The molecule has 5 nitrogen and oxygen atoms in total. The minimum atomic E-state index is 0.320. The fourth-order valence-electron chi connectivity index (χ4n) is 2.34. The van der Waals surface area contributed by atoms with Crippen molar-refractivity contribution >= 4 is 5.91 Å². The van der Waals surface area contributed by atoms with Crippen molar-refractivity contribution in [2.24, 2.45) is 0 Å². The topological polar surface area (TPSA) is 40.9 Å². The van der Waals surface area contributed by atoms with E-state index < -0.39 is 0 Å². The Morgan fingerprint density at radius 2 is 1.71 bits per heavy atom. The number of nitrogens with zero attached hydrogens (tertiary/aromatic N) is 4. The van der Waals surface area contributed by atoms with Crippen molar-refractivity contribution in [2.45, 2.75) is 6.42 Å². The third kappa shape index (κ3) is 3.94. The molecule has 97 valence electrons. The molecule has 2 aliphatic rings. The maximum atomic E-state index is 12.0. The first-order valence-electron chi connectivity index (χ1n) is 6.57. The highest BCUT2D eigenvalue weighted by atomic mass is 16.2. The molecule has 2 fully saturated rings. The summed E-state index contributed by atoms with van der Waals surface area (Å²) in [4.78, 5) is 18.6. The average Bonchev–Trinajstić information content (AvgIpc) is 2.38. The van der Waals surface area contributed by atoms with E-state index >= 15 is 0 Å². The number of piperazine rings is 2. The maximum absolute atomic E-state index is 12.0. The Hall–Kier alpha value is -0.650. The lowest BCUT2D eigenvalue weighted by molar-refractivity contribution is -0.133. The normalized spacial score (nSPS) is 23.9. The van der Waals surface area contributed by atoms with Crippen LogP contribution in [0, 0.1) is 0 Å². The van der Waals surface area contributed by atoms with Gasteiger partial charge in [-0.25, -0.2) is 5.32 Å². The number of amides is 1. The molecule has 0 atom stereocenters. The standard InChI is InChI=1S/C12H23N4O/c1-14-8-10-16(11-9-14)12(17)2-5-15-6-3-13-4-7-15/h2-11H2,1H3. The summed E-state index contributed by atoms with van der Waals surface area (Å²) in [7, 11) is 2.11. The molecule has 0 unspecified atom stereocenters. The van der Waals surface area contributed by atoms with Crippen LogP contribution in [0.1, 0.15) is 6.42 Å². The van der Waals surface area contributed by atoms with Crippen LogP contribution in [-0.4, -0.2) is 86.6 Å². The molecule has 0 saturated carbocycles. The van der Waals surface area contributed by atoms with Gasteiger partial charge in [-0.3, -0.25) is 4.79 Å². The van der Waals surface area contributed by atoms with E-state index in [9.17, 15) is 4.79 Å². The summed E-state index contributed by atoms with van der Waals surface area (Å²) < 4.78 is 0. The highest BCUT2D eigenvalue weighted by Gasteiger charge is 2.19. The average molecular weight is 239 g/mol. The first kappa shape index (κ1) is 12.8. The number of likely N-dealkylation sites (N-methyl/N-ethyl adjacent to an activating group) is 1. The van der Waals surface area contributed by atoms with Crippen LogP contribution in [0.4, 0.5) is 0 Å². The molecule has 0 aromatic rings. The second-order valence-electron chi connectivity index (χ2n) is 4.95. The largest absolute Gasteiger partial charge is 0.340 e. The summed E-state index contributed by atoms with van der Waals surface area (Å²) in [6.45, 7) is 8.62. The first-order valence-corrected chi connectivity index (χ1v) is 6.57. The van der Waals surface area contributed by atoms with Gasteiger partial charge in [-0.1, -0.05) is 0 Å². The molecule has 2 aliphatic heterocycles. The number of carbonyl (C=O) groups excluding carboxylic acids is 1. The molecule has 0 aromatic carbocycles. The van der Waals surface area contributed by atoms with Gasteiger partial charge in [0.1, 0.15) is 0 Å². The lowest BCUT2D eigenvalue weighted by Crippen LogP contribution is -2.48. The molecule has 2 saturated heterocycles. The molecule has 0 aromatic heterocycles. The Kier molecular flexibility index (Phi) is 4.76. The number of hydrogen-bond acceptors (Lipinski definition) is 3. The van der Waals surface area contributed by atoms with Gasteiger partial charge in [0.05, 0.1) is 0 Å². The molecule has 2 heterocycles. The van der Waals surface area contributed by atoms with Gasteiger partial charge in [0, 0.05) is 65.3 Å². The van der Waals surface area contributed by atoms with Crippen molar-refractivity contribution in [3.8, 4) is 0 Å². The van der Waals surface area contributed by atoms with Crippen LogP contribution >= 0.6 is 0 Å². The SMILES string of the molecule is CN1CCN(C(=O)CCN2CC[N]CC2)CC1. The Morgan fingerprint density at radius 1 is 1.06 bits per heavy atom. The Morgan fingerprint density at radius 3 is 2.35 bits per heavy atom. The van der Waals surface area contributed by atoms with Crippen LogP contribution in [-0.2, 0) is 4.79 Å². The smallest absolute Gasteiger partial charge is 0.223 e. The van der Waals surface area contributed by atoms with Crippen molar-refractivity contribution in [3.63, 3.8) is 0 Å².